The summed E-state index contributed by atoms with van der Waals surface area (Å²) in [6.07, 6.45) is 0. The molecule has 0 aliphatic carbocycles. The summed E-state index contributed by atoms with van der Waals surface area (Å²) in [7, 11) is 1.78. The van der Waals surface area contributed by atoms with E-state index in [0.29, 0.717) is 17.3 Å². The zero-order valence-corrected chi connectivity index (χ0v) is 14.3. The number of nitrogens with zero attached hydrogens (tertiary/aromatic N) is 2. The topological polar surface area (TPSA) is 75.5 Å². The van der Waals surface area contributed by atoms with Crippen LogP contribution in [0.2, 0.25) is 10.0 Å². The predicted molar refractivity (Wildman–Crippen MR) is 94.5 cm³/mol. The molecule has 2 aromatic carbocycles. The molecular formula is C16H15Cl2N3O3. The fourth-order valence-corrected chi connectivity index (χ4v) is 2.53. The number of anilines is 1. The van der Waals surface area contributed by atoms with Crippen molar-refractivity contribution in [2.75, 3.05) is 18.9 Å². The molecule has 0 unspecified atom stereocenters. The number of carbonyl (C=O) groups excluding carboxylic acids is 1. The highest BCUT2D eigenvalue weighted by Crippen LogP contribution is 2.27. The molecule has 0 saturated heterocycles. The first-order valence-electron chi connectivity index (χ1n) is 7.02. The van der Waals surface area contributed by atoms with Crippen LogP contribution in [0.5, 0.6) is 0 Å². The summed E-state index contributed by atoms with van der Waals surface area (Å²) < 4.78 is 0. The van der Waals surface area contributed by atoms with Gasteiger partial charge in [-0.1, -0.05) is 41.4 Å². The molecule has 0 aliphatic heterocycles. The number of benzene rings is 2. The Balaban J connectivity index is 1.97. The second-order valence-electron chi connectivity index (χ2n) is 5.24. The molecule has 0 saturated carbocycles. The second kappa shape index (κ2) is 8.10. The summed E-state index contributed by atoms with van der Waals surface area (Å²) in [4.78, 5) is 24.1. The lowest BCUT2D eigenvalue weighted by molar-refractivity contribution is -0.384. The minimum Gasteiger partial charge on any atom is -0.325 e. The van der Waals surface area contributed by atoms with Gasteiger partial charge >= 0.3 is 0 Å². The molecule has 1 N–H and O–H groups in total. The zero-order chi connectivity index (χ0) is 17.7. The van der Waals surface area contributed by atoms with Gasteiger partial charge in [-0.25, -0.2) is 0 Å². The maximum absolute atomic E-state index is 12.1. The van der Waals surface area contributed by atoms with Gasteiger partial charge in [-0.2, -0.15) is 0 Å². The molecule has 0 atom stereocenters. The quantitative estimate of drug-likeness (QED) is 0.618. The summed E-state index contributed by atoms with van der Waals surface area (Å²) in [5, 5.41) is 14.1. The lowest BCUT2D eigenvalue weighted by Gasteiger charge is -2.17. The number of nitrogens with one attached hydrogen (secondary N) is 1. The first-order chi connectivity index (χ1) is 11.4. The van der Waals surface area contributed by atoms with E-state index in [1.807, 2.05) is 18.2 Å². The largest absolute Gasteiger partial charge is 0.325 e. The number of nitro groups is 1. The van der Waals surface area contributed by atoms with E-state index >= 15 is 0 Å². The molecule has 0 aromatic heterocycles. The number of amides is 1. The predicted octanol–water partition coefficient (Wildman–Crippen LogP) is 3.97. The van der Waals surface area contributed by atoms with Crippen molar-refractivity contribution in [3.63, 3.8) is 0 Å². The van der Waals surface area contributed by atoms with Crippen molar-refractivity contribution in [1.29, 1.82) is 0 Å². The van der Waals surface area contributed by atoms with Gasteiger partial charge in [0.25, 0.3) is 5.69 Å². The number of nitro benzene ring substituents is 1. The van der Waals surface area contributed by atoms with Crippen LogP contribution in [0.1, 0.15) is 5.56 Å². The van der Waals surface area contributed by atoms with Crippen LogP contribution in [-0.4, -0.2) is 29.3 Å². The fourth-order valence-electron chi connectivity index (χ4n) is 2.15. The van der Waals surface area contributed by atoms with Gasteiger partial charge in [-0.3, -0.25) is 19.8 Å². The lowest BCUT2D eigenvalue weighted by Crippen LogP contribution is -2.29. The third-order valence-corrected chi connectivity index (χ3v) is 3.93. The molecule has 8 heteroatoms. The average molecular weight is 368 g/mol. The summed E-state index contributed by atoms with van der Waals surface area (Å²) in [6.45, 7) is 0.621. The Labute approximate surface area is 149 Å². The normalized spacial score (nSPS) is 10.7. The van der Waals surface area contributed by atoms with E-state index in [-0.39, 0.29) is 23.2 Å². The van der Waals surface area contributed by atoms with Crippen LogP contribution >= 0.6 is 23.2 Å². The Morgan fingerprint density at radius 2 is 1.92 bits per heavy atom. The van der Waals surface area contributed by atoms with Crippen LogP contribution in [0.3, 0.4) is 0 Å². The summed E-state index contributed by atoms with van der Waals surface area (Å²) in [5.74, 6) is -0.291. The van der Waals surface area contributed by atoms with Crippen molar-refractivity contribution in [2.24, 2.45) is 0 Å². The van der Waals surface area contributed by atoms with Gasteiger partial charge < -0.3 is 5.32 Å². The second-order valence-corrected chi connectivity index (χ2v) is 6.05. The minimum atomic E-state index is -0.596. The number of hydrogen-bond acceptors (Lipinski definition) is 4. The summed E-state index contributed by atoms with van der Waals surface area (Å²) in [6, 6.07) is 11.5. The van der Waals surface area contributed by atoms with Crippen molar-refractivity contribution < 1.29 is 9.72 Å². The molecule has 0 bridgehead atoms. The van der Waals surface area contributed by atoms with E-state index in [9.17, 15) is 14.9 Å². The van der Waals surface area contributed by atoms with Gasteiger partial charge in [-0.15, -0.1) is 0 Å². The van der Waals surface area contributed by atoms with Gasteiger partial charge in [0.1, 0.15) is 5.02 Å². The highest BCUT2D eigenvalue weighted by atomic mass is 35.5. The monoisotopic (exact) mass is 367 g/mol. The molecule has 2 aromatic rings. The highest BCUT2D eigenvalue weighted by Gasteiger charge is 2.15. The first-order valence-corrected chi connectivity index (χ1v) is 7.78. The summed E-state index contributed by atoms with van der Waals surface area (Å²) in [5.41, 5.74) is 0.984. The van der Waals surface area contributed by atoms with Crippen LogP contribution in [0.15, 0.2) is 42.5 Å². The van der Waals surface area contributed by atoms with E-state index in [4.69, 9.17) is 23.2 Å². The van der Waals surface area contributed by atoms with Crippen molar-refractivity contribution in [1.82, 2.24) is 4.90 Å². The molecule has 6 nitrogen and oxygen atoms in total. The minimum absolute atomic E-state index is 0.0221. The molecule has 0 spiro atoms. The summed E-state index contributed by atoms with van der Waals surface area (Å²) >= 11 is 11.8. The average Bonchev–Trinajstić information content (AvgIpc) is 2.51. The van der Waals surface area contributed by atoms with Gasteiger partial charge in [-0.05, 0) is 30.8 Å². The maximum Gasteiger partial charge on any atom is 0.289 e. The van der Waals surface area contributed by atoms with Crippen LogP contribution in [0, 0.1) is 10.1 Å². The molecule has 1 amide bonds. The maximum atomic E-state index is 12.1. The molecule has 0 fully saturated rings. The lowest BCUT2D eigenvalue weighted by atomic mass is 10.2. The van der Waals surface area contributed by atoms with Gasteiger partial charge in [0.05, 0.1) is 11.5 Å². The molecule has 2 rings (SSSR count). The van der Waals surface area contributed by atoms with Gasteiger partial charge in [0, 0.05) is 23.3 Å². The van der Waals surface area contributed by atoms with Crippen molar-refractivity contribution in [2.45, 2.75) is 6.54 Å². The molecule has 0 radical (unpaired) electrons. The number of rotatable bonds is 6. The number of likely N-dealkylation sites (N-methyl/N-ethyl adjacent to an activating group) is 1. The number of hydrogen-bond donors (Lipinski definition) is 1. The van der Waals surface area contributed by atoms with Crippen molar-refractivity contribution in [3.05, 3.63) is 68.2 Å². The Morgan fingerprint density at radius 3 is 2.58 bits per heavy atom. The SMILES string of the molecule is CN(CC(=O)Nc1ccc(Cl)c([N+](=O)[O-])c1)Cc1ccccc1Cl. The standard InChI is InChI=1S/C16H15Cl2N3O3/c1-20(9-11-4-2-3-5-13(11)17)10-16(22)19-12-6-7-14(18)15(8-12)21(23)24/h2-8H,9-10H2,1H3,(H,19,22). The Bertz CT molecular complexity index is 768. The van der Waals surface area contributed by atoms with Crippen LogP contribution in [-0.2, 0) is 11.3 Å². The Kier molecular flexibility index (Phi) is 6.14. The third kappa shape index (κ3) is 4.92. The van der Waals surface area contributed by atoms with Crippen molar-refractivity contribution >= 4 is 40.5 Å². The van der Waals surface area contributed by atoms with E-state index in [1.165, 1.54) is 18.2 Å². The zero-order valence-electron chi connectivity index (χ0n) is 12.8. The molecular weight excluding hydrogens is 353 g/mol. The molecule has 0 aliphatic rings. The molecule has 126 valence electrons. The highest BCUT2D eigenvalue weighted by molar-refractivity contribution is 6.32. The van der Waals surface area contributed by atoms with E-state index in [2.05, 4.69) is 5.32 Å². The number of carbonyl (C=O) groups is 1. The van der Waals surface area contributed by atoms with Gasteiger partial charge in [0.2, 0.25) is 5.91 Å². The molecule has 24 heavy (non-hydrogen) atoms. The number of halogens is 2. The Morgan fingerprint density at radius 1 is 1.21 bits per heavy atom. The van der Waals surface area contributed by atoms with Crippen molar-refractivity contribution in [3.8, 4) is 0 Å². The van der Waals surface area contributed by atoms with Crippen LogP contribution in [0.4, 0.5) is 11.4 Å². The van der Waals surface area contributed by atoms with E-state index in [1.54, 1.807) is 18.0 Å². The molecule has 0 heterocycles. The van der Waals surface area contributed by atoms with Gasteiger partial charge in [0.15, 0.2) is 0 Å². The third-order valence-electron chi connectivity index (χ3n) is 3.24. The fraction of sp³-hybridized carbons (Fsp3) is 0.188. The Hall–Kier alpha value is -2.15. The van der Waals surface area contributed by atoms with E-state index in [0.717, 1.165) is 5.56 Å². The first kappa shape index (κ1) is 18.2. The van der Waals surface area contributed by atoms with Crippen LogP contribution in [0.25, 0.3) is 0 Å². The smallest absolute Gasteiger partial charge is 0.289 e. The van der Waals surface area contributed by atoms with Crippen LogP contribution < -0.4 is 5.32 Å². The van der Waals surface area contributed by atoms with E-state index < -0.39 is 4.92 Å².